The molecule has 2 N–H and O–H groups in total. The molecule has 1 atom stereocenters. The summed E-state index contributed by atoms with van der Waals surface area (Å²) in [4.78, 5) is 10.8. The standard InChI is InChI=1S/C13H19NO2S/c1-10(9-17-2)7-14-8-11-4-3-5-12(6-11)13(15)16/h3-6,10,14H,7-9H2,1-2H3,(H,15,16). The van der Waals surface area contributed by atoms with Crippen LogP contribution in [-0.4, -0.2) is 29.6 Å². The Morgan fingerprint density at radius 2 is 2.29 bits per heavy atom. The highest BCUT2D eigenvalue weighted by atomic mass is 32.2. The van der Waals surface area contributed by atoms with Crippen molar-refractivity contribution in [3.63, 3.8) is 0 Å². The summed E-state index contributed by atoms with van der Waals surface area (Å²) in [7, 11) is 0. The van der Waals surface area contributed by atoms with Gasteiger partial charge in [0.15, 0.2) is 0 Å². The summed E-state index contributed by atoms with van der Waals surface area (Å²) in [5.41, 5.74) is 1.36. The Labute approximate surface area is 107 Å². The second-order valence-corrected chi connectivity index (χ2v) is 5.11. The molecule has 0 fully saturated rings. The summed E-state index contributed by atoms with van der Waals surface area (Å²) in [5, 5.41) is 12.2. The summed E-state index contributed by atoms with van der Waals surface area (Å²) in [6.45, 7) is 3.88. The smallest absolute Gasteiger partial charge is 0.335 e. The van der Waals surface area contributed by atoms with Crippen molar-refractivity contribution in [2.45, 2.75) is 13.5 Å². The van der Waals surface area contributed by atoms with E-state index in [0.29, 0.717) is 11.5 Å². The SMILES string of the molecule is CSCC(C)CNCc1cccc(C(=O)O)c1. The van der Waals surface area contributed by atoms with Crippen molar-refractivity contribution in [3.05, 3.63) is 35.4 Å². The van der Waals surface area contributed by atoms with Gasteiger partial charge in [-0.25, -0.2) is 4.79 Å². The molecule has 17 heavy (non-hydrogen) atoms. The number of hydrogen-bond acceptors (Lipinski definition) is 3. The lowest BCUT2D eigenvalue weighted by Crippen LogP contribution is -2.22. The maximum Gasteiger partial charge on any atom is 0.335 e. The summed E-state index contributed by atoms with van der Waals surface area (Å²) in [5.74, 6) is 0.901. The molecule has 0 aliphatic heterocycles. The maximum absolute atomic E-state index is 10.8. The molecule has 1 aromatic rings. The van der Waals surface area contributed by atoms with Gasteiger partial charge in [0.1, 0.15) is 0 Å². The fourth-order valence-corrected chi connectivity index (χ4v) is 2.31. The third-order valence-corrected chi connectivity index (χ3v) is 3.35. The third kappa shape index (κ3) is 5.24. The highest BCUT2D eigenvalue weighted by Crippen LogP contribution is 2.06. The summed E-state index contributed by atoms with van der Waals surface area (Å²) in [6, 6.07) is 7.06. The highest BCUT2D eigenvalue weighted by molar-refractivity contribution is 7.98. The van der Waals surface area contributed by atoms with Gasteiger partial charge in [-0.2, -0.15) is 11.8 Å². The molecular formula is C13H19NO2S. The zero-order valence-electron chi connectivity index (χ0n) is 10.3. The molecule has 1 unspecified atom stereocenters. The van der Waals surface area contributed by atoms with Gasteiger partial charge < -0.3 is 10.4 Å². The van der Waals surface area contributed by atoms with Gasteiger partial charge in [0.2, 0.25) is 0 Å². The van der Waals surface area contributed by atoms with E-state index in [1.165, 1.54) is 0 Å². The third-order valence-electron chi connectivity index (χ3n) is 2.45. The predicted octanol–water partition coefficient (Wildman–Crippen LogP) is 2.47. The fraction of sp³-hybridized carbons (Fsp3) is 0.462. The molecule has 1 rings (SSSR count). The van der Waals surface area contributed by atoms with Gasteiger partial charge in [-0.15, -0.1) is 0 Å². The van der Waals surface area contributed by atoms with Crippen LogP contribution in [0.2, 0.25) is 0 Å². The van der Waals surface area contributed by atoms with Crippen LogP contribution in [0.4, 0.5) is 0 Å². The number of carboxylic acid groups (broad SMARTS) is 1. The first-order chi connectivity index (χ1) is 8.13. The van der Waals surface area contributed by atoms with E-state index in [1.807, 2.05) is 17.8 Å². The Kier molecular flexibility index (Phi) is 6.08. The molecular weight excluding hydrogens is 234 g/mol. The van der Waals surface area contributed by atoms with Crippen LogP contribution in [0.25, 0.3) is 0 Å². The summed E-state index contributed by atoms with van der Waals surface area (Å²) >= 11 is 1.84. The van der Waals surface area contributed by atoms with Crippen LogP contribution in [0.15, 0.2) is 24.3 Å². The molecule has 94 valence electrons. The van der Waals surface area contributed by atoms with Crippen molar-refractivity contribution in [2.75, 3.05) is 18.6 Å². The molecule has 0 radical (unpaired) electrons. The molecule has 0 saturated carbocycles. The number of aromatic carboxylic acids is 1. The molecule has 1 aromatic carbocycles. The van der Waals surface area contributed by atoms with Gasteiger partial charge in [-0.3, -0.25) is 0 Å². The minimum absolute atomic E-state index is 0.349. The molecule has 0 aliphatic carbocycles. The minimum atomic E-state index is -0.873. The Hall–Kier alpha value is -1.00. The lowest BCUT2D eigenvalue weighted by atomic mass is 10.1. The lowest BCUT2D eigenvalue weighted by Gasteiger charge is -2.11. The van der Waals surface area contributed by atoms with Gasteiger partial charge in [0, 0.05) is 6.54 Å². The van der Waals surface area contributed by atoms with Crippen molar-refractivity contribution in [1.82, 2.24) is 5.32 Å². The zero-order chi connectivity index (χ0) is 12.7. The molecule has 0 aromatic heterocycles. The van der Waals surface area contributed by atoms with E-state index >= 15 is 0 Å². The number of rotatable bonds is 7. The molecule has 0 saturated heterocycles. The van der Waals surface area contributed by atoms with Crippen molar-refractivity contribution < 1.29 is 9.90 Å². The fourth-order valence-electron chi connectivity index (χ4n) is 1.62. The van der Waals surface area contributed by atoms with E-state index in [0.717, 1.165) is 24.4 Å². The van der Waals surface area contributed by atoms with Crippen LogP contribution < -0.4 is 5.32 Å². The maximum atomic E-state index is 10.8. The Balaban J connectivity index is 2.41. The topological polar surface area (TPSA) is 49.3 Å². The van der Waals surface area contributed by atoms with Crippen LogP contribution in [0, 0.1) is 5.92 Å². The van der Waals surface area contributed by atoms with Crippen molar-refractivity contribution in [1.29, 1.82) is 0 Å². The number of carboxylic acids is 1. The van der Waals surface area contributed by atoms with E-state index in [1.54, 1.807) is 18.2 Å². The van der Waals surface area contributed by atoms with Gasteiger partial charge >= 0.3 is 5.97 Å². The molecule has 3 nitrogen and oxygen atoms in total. The van der Waals surface area contributed by atoms with E-state index < -0.39 is 5.97 Å². The number of thioether (sulfide) groups is 1. The predicted molar refractivity (Wildman–Crippen MR) is 72.7 cm³/mol. The average Bonchev–Trinajstić information content (AvgIpc) is 2.30. The van der Waals surface area contributed by atoms with Crippen LogP contribution in [-0.2, 0) is 6.54 Å². The van der Waals surface area contributed by atoms with Crippen LogP contribution in [0.3, 0.4) is 0 Å². The monoisotopic (exact) mass is 253 g/mol. The Morgan fingerprint density at radius 3 is 2.94 bits per heavy atom. The van der Waals surface area contributed by atoms with Gasteiger partial charge in [-0.1, -0.05) is 19.1 Å². The largest absolute Gasteiger partial charge is 0.478 e. The van der Waals surface area contributed by atoms with E-state index in [9.17, 15) is 4.79 Å². The van der Waals surface area contributed by atoms with E-state index in [2.05, 4.69) is 18.5 Å². The van der Waals surface area contributed by atoms with Crippen molar-refractivity contribution >= 4 is 17.7 Å². The molecule has 0 aliphatic rings. The molecule has 4 heteroatoms. The molecule has 0 amide bonds. The van der Waals surface area contributed by atoms with Crippen LogP contribution in [0.1, 0.15) is 22.8 Å². The first-order valence-electron chi connectivity index (χ1n) is 5.65. The van der Waals surface area contributed by atoms with Crippen molar-refractivity contribution in [2.24, 2.45) is 5.92 Å². The normalized spacial score (nSPS) is 12.4. The molecule has 0 spiro atoms. The van der Waals surface area contributed by atoms with Gasteiger partial charge in [0.25, 0.3) is 0 Å². The number of carbonyl (C=O) groups is 1. The van der Waals surface area contributed by atoms with Crippen LogP contribution >= 0.6 is 11.8 Å². The quantitative estimate of drug-likeness (QED) is 0.784. The first kappa shape index (κ1) is 14.1. The number of benzene rings is 1. The van der Waals surface area contributed by atoms with Crippen molar-refractivity contribution in [3.8, 4) is 0 Å². The summed E-state index contributed by atoms with van der Waals surface area (Å²) in [6.07, 6.45) is 2.10. The highest BCUT2D eigenvalue weighted by Gasteiger charge is 2.04. The second kappa shape index (κ2) is 7.35. The first-order valence-corrected chi connectivity index (χ1v) is 7.04. The van der Waals surface area contributed by atoms with E-state index in [-0.39, 0.29) is 0 Å². The molecule has 0 bridgehead atoms. The number of nitrogens with one attached hydrogen (secondary N) is 1. The summed E-state index contributed by atoms with van der Waals surface area (Å²) < 4.78 is 0. The number of hydrogen-bond donors (Lipinski definition) is 2. The Morgan fingerprint density at radius 1 is 1.53 bits per heavy atom. The van der Waals surface area contributed by atoms with Crippen LogP contribution in [0.5, 0.6) is 0 Å². The second-order valence-electron chi connectivity index (χ2n) is 4.20. The average molecular weight is 253 g/mol. The van der Waals surface area contributed by atoms with Gasteiger partial charge in [0.05, 0.1) is 5.56 Å². The van der Waals surface area contributed by atoms with Gasteiger partial charge in [-0.05, 0) is 42.2 Å². The Bertz CT molecular complexity index is 368. The molecule has 0 heterocycles. The minimum Gasteiger partial charge on any atom is -0.478 e. The zero-order valence-corrected chi connectivity index (χ0v) is 11.1. The lowest BCUT2D eigenvalue weighted by molar-refractivity contribution is 0.0696. The van der Waals surface area contributed by atoms with E-state index in [4.69, 9.17) is 5.11 Å².